The van der Waals surface area contributed by atoms with Gasteiger partial charge in [0, 0.05) is 12.5 Å². The van der Waals surface area contributed by atoms with Crippen molar-refractivity contribution in [1.82, 2.24) is 5.32 Å². The molecular weight excluding hydrogens is 454 g/mol. The minimum atomic E-state index is -1.56. The van der Waals surface area contributed by atoms with Crippen LogP contribution in [0.3, 0.4) is 0 Å². The van der Waals surface area contributed by atoms with Crippen molar-refractivity contribution in [1.29, 1.82) is 0 Å². The van der Waals surface area contributed by atoms with Crippen LogP contribution in [0.1, 0.15) is 24.3 Å². The molecule has 4 rings (SSSR count). The highest BCUT2D eigenvalue weighted by Gasteiger charge is 2.52. The quantitative estimate of drug-likeness (QED) is 0.551. The van der Waals surface area contributed by atoms with Crippen LogP contribution in [0.5, 0.6) is 0 Å². The van der Waals surface area contributed by atoms with Gasteiger partial charge in [-0.15, -0.1) is 6.42 Å². The van der Waals surface area contributed by atoms with E-state index in [4.69, 9.17) is 30.1 Å². The monoisotopic (exact) mass is 481 g/mol. The first-order valence-corrected chi connectivity index (χ1v) is 11.2. The lowest BCUT2D eigenvalue weighted by molar-refractivity contribution is -0.351. The van der Waals surface area contributed by atoms with Crippen LogP contribution < -0.4 is 5.32 Å². The fourth-order valence-electron chi connectivity index (χ4n) is 4.12. The maximum atomic E-state index is 12.1. The molecule has 2 aromatic carbocycles. The van der Waals surface area contributed by atoms with Gasteiger partial charge in [0.1, 0.15) is 24.4 Å². The molecule has 0 saturated carbocycles. The summed E-state index contributed by atoms with van der Waals surface area (Å²) in [6, 6.07) is 17.8. The van der Waals surface area contributed by atoms with Gasteiger partial charge in [-0.05, 0) is 5.56 Å². The molecule has 1 amide bonds. The van der Waals surface area contributed by atoms with Gasteiger partial charge in [-0.25, -0.2) is 4.79 Å². The lowest BCUT2D eigenvalue weighted by Gasteiger charge is -2.49. The van der Waals surface area contributed by atoms with Crippen molar-refractivity contribution in [3.05, 3.63) is 71.8 Å². The largest absolute Gasteiger partial charge is 0.479 e. The van der Waals surface area contributed by atoms with E-state index in [0.717, 1.165) is 11.1 Å². The second-order valence-corrected chi connectivity index (χ2v) is 8.23. The van der Waals surface area contributed by atoms with Crippen LogP contribution in [0.4, 0.5) is 0 Å². The maximum absolute atomic E-state index is 12.1. The van der Waals surface area contributed by atoms with E-state index < -0.39 is 49.0 Å². The fourth-order valence-corrected chi connectivity index (χ4v) is 4.12. The molecule has 0 spiro atoms. The van der Waals surface area contributed by atoms with Crippen molar-refractivity contribution >= 4 is 11.9 Å². The van der Waals surface area contributed by atoms with Crippen LogP contribution in [0.25, 0.3) is 0 Å². The number of carboxylic acids is 1. The van der Waals surface area contributed by atoms with Crippen LogP contribution in [0, 0.1) is 12.3 Å². The Morgan fingerprint density at radius 3 is 2.46 bits per heavy atom. The maximum Gasteiger partial charge on any atom is 0.345 e. The third-order valence-corrected chi connectivity index (χ3v) is 5.71. The van der Waals surface area contributed by atoms with Gasteiger partial charge in [0.2, 0.25) is 12.0 Å². The Bertz CT molecular complexity index is 1040. The molecule has 2 aliphatic heterocycles. The zero-order valence-corrected chi connectivity index (χ0v) is 19.1. The molecule has 2 heterocycles. The summed E-state index contributed by atoms with van der Waals surface area (Å²) in [5.74, 6) is 0.426. The summed E-state index contributed by atoms with van der Waals surface area (Å²) in [5.41, 5.74) is 1.67. The first-order chi connectivity index (χ1) is 17.0. The zero-order valence-electron chi connectivity index (χ0n) is 19.1. The van der Waals surface area contributed by atoms with Crippen LogP contribution in [0.15, 0.2) is 60.7 Å². The molecule has 7 unspecified atom stereocenters. The summed E-state index contributed by atoms with van der Waals surface area (Å²) in [4.78, 5) is 23.8. The highest BCUT2D eigenvalue weighted by atomic mass is 16.8. The fraction of sp³-hybridized carbons (Fsp3) is 0.385. The van der Waals surface area contributed by atoms with Gasteiger partial charge in [-0.1, -0.05) is 66.6 Å². The average molecular weight is 482 g/mol. The van der Waals surface area contributed by atoms with Crippen LogP contribution in [-0.4, -0.2) is 60.3 Å². The molecule has 2 fully saturated rings. The standard InChI is InChI=1S/C26H27NO8/c1-3-19(24(29)30)33-23-21(27-16(2)28)26(31-14-17-10-6-4-7-11-17)34-20-15-32-25(35-22(20)23)18-12-8-5-9-13-18/h1,4-13,19-23,25-26H,14-15H2,2H3,(H,27,28)(H,29,30). The van der Waals surface area contributed by atoms with E-state index >= 15 is 0 Å². The molecular formula is C26H27NO8. The molecule has 184 valence electrons. The number of carboxylic acid groups (broad SMARTS) is 1. The number of rotatable bonds is 8. The van der Waals surface area contributed by atoms with Crippen molar-refractivity contribution in [2.24, 2.45) is 0 Å². The van der Waals surface area contributed by atoms with E-state index in [1.807, 2.05) is 60.7 Å². The Morgan fingerprint density at radius 1 is 1.14 bits per heavy atom. The molecule has 2 saturated heterocycles. The third-order valence-electron chi connectivity index (χ3n) is 5.71. The average Bonchev–Trinajstić information content (AvgIpc) is 2.87. The number of fused-ring (bicyclic) bond motifs is 1. The van der Waals surface area contributed by atoms with Crippen LogP contribution >= 0.6 is 0 Å². The molecule has 9 heteroatoms. The van der Waals surface area contributed by atoms with E-state index in [2.05, 4.69) is 11.2 Å². The van der Waals surface area contributed by atoms with Crippen LogP contribution in [0.2, 0.25) is 0 Å². The smallest absolute Gasteiger partial charge is 0.345 e. The lowest BCUT2D eigenvalue weighted by Crippen LogP contribution is -2.68. The number of ether oxygens (including phenoxy) is 5. The normalized spacial score (nSPS) is 28.8. The summed E-state index contributed by atoms with van der Waals surface area (Å²) in [6.07, 6.45) is -0.294. The van der Waals surface area contributed by atoms with Crippen molar-refractivity contribution in [2.45, 2.75) is 56.6 Å². The van der Waals surface area contributed by atoms with E-state index in [-0.39, 0.29) is 19.1 Å². The van der Waals surface area contributed by atoms with Crippen molar-refractivity contribution in [3.8, 4) is 12.3 Å². The molecule has 0 bridgehead atoms. The molecule has 0 radical (unpaired) electrons. The molecule has 0 aliphatic carbocycles. The SMILES string of the molecule is C#CC(OC1C(NC(C)=O)C(OCc2ccccc2)OC2COC(c3ccccc3)OC21)C(=O)O. The van der Waals surface area contributed by atoms with Gasteiger partial charge in [0.25, 0.3) is 0 Å². The zero-order chi connectivity index (χ0) is 24.8. The number of hydrogen-bond donors (Lipinski definition) is 2. The molecule has 2 aliphatic rings. The first-order valence-electron chi connectivity index (χ1n) is 11.2. The first kappa shape index (κ1) is 24.9. The predicted octanol–water partition coefficient (Wildman–Crippen LogP) is 2.02. The molecule has 2 N–H and O–H groups in total. The summed E-state index contributed by atoms with van der Waals surface area (Å²) in [6.45, 7) is 1.66. The van der Waals surface area contributed by atoms with Gasteiger partial charge < -0.3 is 34.1 Å². The second kappa shape index (κ2) is 11.4. The number of hydrogen-bond acceptors (Lipinski definition) is 7. The molecule has 9 nitrogen and oxygen atoms in total. The van der Waals surface area contributed by atoms with Gasteiger partial charge in [-0.3, -0.25) is 4.79 Å². The summed E-state index contributed by atoms with van der Waals surface area (Å²) >= 11 is 0. The minimum Gasteiger partial charge on any atom is -0.479 e. The molecule has 2 aromatic rings. The number of benzene rings is 2. The van der Waals surface area contributed by atoms with E-state index in [9.17, 15) is 14.7 Å². The van der Waals surface area contributed by atoms with Crippen molar-refractivity contribution < 1.29 is 38.4 Å². The summed E-state index contributed by atoms with van der Waals surface area (Å²) in [7, 11) is 0. The second-order valence-electron chi connectivity index (χ2n) is 8.23. The van der Waals surface area contributed by atoms with Gasteiger partial charge in [-0.2, -0.15) is 0 Å². The number of terminal acetylenes is 1. The molecule has 35 heavy (non-hydrogen) atoms. The van der Waals surface area contributed by atoms with E-state index in [1.165, 1.54) is 6.92 Å². The number of aliphatic carboxylic acids is 1. The molecule has 0 aromatic heterocycles. The van der Waals surface area contributed by atoms with Crippen molar-refractivity contribution in [2.75, 3.05) is 6.61 Å². The molecule has 7 atom stereocenters. The highest BCUT2D eigenvalue weighted by molar-refractivity contribution is 5.76. The lowest BCUT2D eigenvalue weighted by atomic mass is 9.95. The van der Waals surface area contributed by atoms with E-state index in [1.54, 1.807) is 0 Å². The Hall–Kier alpha value is -3.26. The number of nitrogens with one attached hydrogen (secondary N) is 1. The highest BCUT2D eigenvalue weighted by Crippen LogP contribution is 2.36. The Morgan fingerprint density at radius 2 is 1.83 bits per heavy atom. The van der Waals surface area contributed by atoms with Gasteiger partial charge in [0.15, 0.2) is 12.6 Å². The number of carbonyl (C=O) groups excluding carboxylic acids is 1. The van der Waals surface area contributed by atoms with Crippen LogP contribution in [-0.2, 0) is 39.9 Å². The summed E-state index contributed by atoms with van der Waals surface area (Å²) in [5, 5.41) is 12.3. The summed E-state index contributed by atoms with van der Waals surface area (Å²) < 4.78 is 30.1. The Kier molecular flexibility index (Phi) is 8.13. The topological polar surface area (TPSA) is 113 Å². The van der Waals surface area contributed by atoms with E-state index in [0.29, 0.717) is 0 Å². The third kappa shape index (κ3) is 6.06. The Balaban J connectivity index is 1.62. The number of carbonyl (C=O) groups is 2. The number of amides is 1. The Labute approximate surface area is 203 Å². The van der Waals surface area contributed by atoms with Gasteiger partial charge >= 0.3 is 5.97 Å². The van der Waals surface area contributed by atoms with Crippen molar-refractivity contribution in [3.63, 3.8) is 0 Å². The predicted molar refractivity (Wildman–Crippen MR) is 123 cm³/mol. The minimum absolute atomic E-state index is 0.135. The van der Waals surface area contributed by atoms with Gasteiger partial charge in [0.05, 0.1) is 13.2 Å².